The molecule has 4 rings (SSSR count). The highest BCUT2D eigenvalue weighted by Gasteiger charge is 2.31. The SMILES string of the molecule is CCCCCCC1CC#CC(c2ccccc2)c2c(cc(OC)c(O)c2CCc2ccccc2)CCC(=O)C(O)C1=O. The molecule has 0 fully saturated rings. The van der Waals surface area contributed by atoms with Crippen LogP contribution in [-0.2, 0) is 28.9 Å². The molecule has 3 aromatic carbocycles. The standard InChI is InChI=1S/C37H42O5/c1-3-4-5-10-18-28-19-13-20-30(27-16-11-7-12-17-27)34-29(22-24-32(38)37(41)35(28)39)25-33(42-2)36(40)31(34)23-21-26-14-8-6-9-15-26/h6-9,11-12,14-17,25,28,30,37,40-41H,3-5,10,18-19,21-24H2,1-2H3. The molecule has 0 saturated carbocycles. The van der Waals surface area contributed by atoms with Gasteiger partial charge >= 0.3 is 0 Å². The predicted molar refractivity (Wildman–Crippen MR) is 166 cm³/mol. The highest BCUT2D eigenvalue weighted by Crippen LogP contribution is 2.42. The molecule has 0 amide bonds. The fourth-order valence-corrected chi connectivity index (χ4v) is 5.85. The van der Waals surface area contributed by atoms with Crippen LogP contribution in [0.4, 0.5) is 0 Å². The molecule has 0 heterocycles. The molecule has 3 unspecified atom stereocenters. The van der Waals surface area contributed by atoms with E-state index in [0.29, 0.717) is 31.4 Å². The van der Waals surface area contributed by atoms with Crippen molar-refractivity contribution in [3.8, 4) is 23.3 Å². The number of rotatable bonds is 10. The first-order valence-corrected chi connectivity index (χ1v) is 15.2. The van der Waals surface area contributed by atoms with E-state index in [1.54, 1.807) is 6.07 Å². The maximum absolute atomic E-state index is 13.3. The van der Waals surface area contributed by atoms with Crippen molar-refractivity contribution in [1.82, 2.24) is 0 Å². The number of aliphatic hydroxyl groups excluding tert-OH is 1. The summed E-state index contributed by atoms with van der Waals surface area (Å²) in [6, 6.07) is 21.8. The van der Waals surface area contributed by atoms with E-state index >= 15 is 0 Å². The van der Waals surface area contributed by atoms with Crippen LogP contribution in [0.1, 0.15) is 85.6 Å². The molecule has 0 aromatic heterocycles. The molecular formula is C37H42O5. The normalized spacial score (nSPS) is 19.2. The predicted octanol–water partition coefficient (Wildman–Crippen LogP) is 6.74. The third-order valence-corrected chi connectivity index (χ3v) is 8.26. The number of aliphatic hydroxyl groups is 1. The smallest absolute Gasteiger partial charge is 0.172 e. The van der Waals surface area contributed by atoms with Gasteiger partial charge in [0.15, 0.2) is 29.2 Å². The number of Topliss-reactive ketones (excluding diaryl/α,β-unsaturated/α-hetero) is 2. The number of fused-ring (bicyclic) bond motifs is 1. The molecule has 1 aliphatic rings. The molecule has 42 heavy (non-hydrogen) atoms. The van der Waals surface area contributed by atoms with Gasteiger partial charge in [0, 0.05) is 24.3 Å². The van der Waals surface area contributed by atoms with Crippen molar-refractivity contribution in [3.05, 3.63) is 94.5 Å². The lowest BCUT2D eigenvalue weighted by Crippen LogP contribution is -2.35. The van der Waals surface area contributed by atoms with E-state index in [2.05, 4.69) is 30.9 Å². The number of ether oxygens (including phenoxy) is 1. The first-order chi connectivity index (χ1) is 20.4. The Bertz CT molecular complexity index is 1400. The maximum Gasteiger partial charge on any atom is 0.172 e. The first-order valence-electron chi connectivity index (χ1n) is 15.2. The Labute approximate surface area is 249 Å². The van der Waals surface area contributed by atoms with Gasteiger partial charge < -0.3 is 14.9 Å². The fraction of sp³-hybridized carbons (Fsp3) is 0.405. The summed E-state index contributed by atoms with van der Waals surface area (Å²) in [5, 5.41) is 22.2. The monoisotopic (exact) mass is 566 g/mol. The molecule has 0 aliphatic heterocycles. The van der Waals surface area contributed by atoms with Gasteiger partial charge in [-0.2, -0.15) is 0 Å². The molecule has 0 bridgehead atoms. The van der Waals surface area contributed by atoms with Crippen LogP contribution in [0, 0.1) is 17.8 Å². The second kappa shape index (κ2) is 15.4. The number of benzene rings is 3. The van der Waals surface area contributed by atoms with Gasteiger partial charge in [-0.05, 0) is 54.0 Å². The lowest BCUT2D eigenvalue weighted by atomic mass is 9.80. The number of hydrogen-bond donors (Lipinski definition) is 2. The van der Waals surface area contributed by atoms with Crippen LogP contribution in [0.15, 0.2) is 66.7 Å². The van der Waals surface area contributed by atoms with E-state index in [9.17, 15) is 19.8 Å². The van der Waals surface area contributed by atoms with Gasteiger partial charge in [0.05, 0.1) is 13.0 Å². The number of aromatic hydroxyl groups is 1. The summed E-state index contributed by atoms with van der Waals surface area (Å²) in [5.41, 5.74) is 4.56. The van der Waals surface area contributed by atoms with Crippen LogP contribution in [0.2, 0.25) is 0 Å². The molecule has 2 N–H and O–H groups in total. The molecular weight excluding hydrogens is 524 g/mol. The number of unbranched alkanes of at least 4 members (excludes halogenated alkanes) is 3. The van der Waals surface area contributed by atoms with E-state index < -0.39 is 23.6 Å². The summed E-state index contributed by atoms with van der Waals surface area (Å²) in [7, 11) is 1.51. The maximum atomic E-state index is 13.3. The van der Waals surface area contributed by atoms with Crippen molar-refractivity contribution < 1.29 is 24.5 Å². The van der Waals surface area contributed by atoms with E-state index in [1.807, 2.05) is 48.5 Å². The van der Waals surface area contributed by atoms with Crippen molar-refractivity contribution in [3.63, 3.8) is 0 Å². The number of ketones is 2. The van der Waals surface area contributed by atoms with Crippen molar-refractivity contribution in [2.24, 2.45) is 5.92 Å². The quantitative estimate of drug-likeness (QED) is 0.161. The van der Waals surface area contributed by atoms with Gasteiger partial charge in [-0.15, -0.1) is 5.92 Å². The number of hydrogen-bond acceptors (Lipinski definition) is 5. The van der Waals surface area contributed by atoms with Crippen molar-refractivity contribution in [1.29, 1.82) is 0 Å². The average molecular weight is 567 g/mol. The first kappa shape index (κ1) is 31.1. The molecule has 3 aromatic rings. The second-order valence-corrected chi connectivity index (χ2v) is 11.2. The molecule has 220 valence electrons. The average Bonchev–Trinajstić information content (AvgIpc) is 3.02. The Morgan fingerprint density at radius 1 is 0.929 bits per heavy atom. The van der Waals surface area contributed by atoms with Gasteiger partial charge in [0.2, 0.25) is 0 Å². The third kappa shape index (κ3) is 7.69. The number of phenols is 1. The molecule has 0 spiro atoms. The summed E-state index contributed by atoms with van der Waals surface area (Å²) in [5.74, 6) is 5.41. The van der Waals surface area contributed by atoms with Crippen LogP contribution in [0.5, 0.6) is 11.5 Å². The number of methoxy groups -OCH3 is 1. The summed E-state index contributed by atoms with van der Waals surface area (Å²) in [4.78, 5) is 26.4. The Morgan fingerprint density at radius 3 is 2.33 bits per heavy atom. The minimum Gasteiger partial charge on any atom is -0.504 e. The topological polar surface area (TPSA) is 83.8 Å². The number of phenolic OH excluding ortho intramolecular Hbond substituents is 1. The van der Waals surface area contributed by atoms with Crippen molar-refractivity contribution in [2.75, 3.05) is 7.11 Å². The zero-order valence-electron chi connectivity index (χ0n) is 24.8. The number of carbonyl (C=O) groups excluding carboxylic acids is 2. The van der Waals surface area contributed by atoms with Crippen LogP contribution in [0.25, 0.3) is 0 Å². The summed E-state index contributed by atoms with van der Waals surface area (Å²) >= 11 is 0. The molecule has 0 radical (unpaired) electrons. The zero-order chi connectivity index (χ0) is 29.9. The van der Waals surface area contributed by atoms with Gasteiger partial charge in [0.1, 0.15) is 0 Å². The lowest BCUT2D eigenvalue weighted by Gasteiger charge is -2.24. The molecule has 0 saturated heterocycles. The Hall–Kier alpha value is -3.88. The Morgan fingerprint density at radius 2 is 1.64 bits per heavy atom. The van der Waals surface area contributed by atoms with Gasteiger partial charge in [0.25, 0.3) is 0 Å². The van der Waals surface area contributed by atoms with Gasteiger partial charge in [-0.3, -0.25) is 9.59 Å². The summed E-state index contributed by atoms with van der Waals surface area (Å²) in [6.07, 6.45) is 4.81. The fourth-order valence-electron chi connectivity index (χ4n) is 5.85. The van der Waals surface area contributed by atoms with Crippen molar-refractivity contribution in [2.45, 2.75) is 83.2 Å². The number of aryl methyl sites for hydroxylation is 2. The summed E-state index contributed by atoms with van der Waals surface area (Å²) < 4.78 is 5.58. The molecule has 3 atom stereocenters. The minimum atomic E-state index is -1.65. The van der Waals surface area contributed by atoms with E-state index in [-0.39, 0.29) is 24.5 Å². The Kier molecular flexibility index (Phi) is 11.4. The minimum absolute atomic E-state index is 0.00343. The van der Waals surface area contributed by atoms with Crippen LogP contribution < -0.4 is 4.74 Å². The third-order valence-electron chi connectivity index (χ3n) is 8.26. The highest BCUT2D eigenvalue weighted by molar-refractivity contribution is 6.06. The van der Waals surface area contributed by atoms with E-state index in [0.717, 1.165) is 53.5 Å². The number of carbonyl (C=O) groups is 2. The largest absolute Gasteiger partial charge is 0.504 e. The van der Waals surface area contributed by atoms with E-state index in [1.165, 1.54) is 7.11 Å². The lowest BCUT2D eigenvalue weighted by molar-refractivity contribution is -0.141. The Balaban J connectivity index is 1.84. The molecule has 5 heteroatoms. The van der Waals surface area contributed by atoms with Crippen molar-refractivity contribution >= 4 is 11.6 Å². The zero-order valence-corrected chi connectivity index (χ0v) is 24.8. The van der Waals surface area contributed by atoms with Gasteiger partial charge in [-0.1, -0.05) is 99.2 Å². The second-order valence-electron chi connectivity index (χ2n) is 11.2. The highest BCUT2D eigenvalue weighted by atomic mass is 16.5. The van der Waals surface area contributed by atoms with Crippen LogP contribution >= 0.6 is 0 Å². The molecule has 1 aliphatic carbocycles. The van der Waals surface area contributed by atoms with Gasteiger partial charge in [-0.25, -0.2) is 0 Å². The van der Waals surface area contributed by atoms with Crippen LogP contribution in [-0.4, -0.2) is 35.0 Å². The van der Waals surface area contributed by atoms with E-state index in [4.69, 9.17) is 4.74 Å². The summed E-state index contributed by atoms with van der Waals surface area (Å²) in [6.45, 7) is 2.14. The molecule has 5 nitrogen and oxygen atoms in total. The van der Waals surface area contributed by atoms with Crippen LogP contribution in [0.3, 0.4) is 0 Å².